The van der Waals surface area contributed by atoms with Gasteiger partial charge >= 0.3 is 0 Å². The van der Waals surface area contributed by atoms with Gasteiger partial charge in [0, 0.05) is 12.8 Å². The topological polar surface area (TPSA) is 57.6 Å². The Morgan fingerprint density at radius 3 is 2.00 bits per heavy atom. The highest BCUT2D eigenvalue weighted by atomic mass is 79.9. The maximum Gasteiger partial charge on any atom is 0.239 e. The minimum absolute atomic E-state index is 0.144. The molecule has 1 fully saturated rings. The normalized spacial score (nSPS) is 14.6. The van der Waals surface area contributed by atoms with Crippen molar-refractivity contribution in [1.29, 1.82) is 0 Å². The van der Waals surface area contributed by atoms with E-state index in [1.807, 2.05) is 19.9 Å². The van der Waals surface area contributed by atoms with Gasteiger partial charge in [0.2, 0.25) is 11.8 Å². The first-order valence-electron chi connectivity index (χ1n) is 5.30. The van der Waals surface area contributed by atoms with Crippen LogP contribution in [-0.4, -0.2) is 20.8 Å². The first-order chi connectivity index (χ1) is 8.32. The number of imide groups is 1. The molecule has 18 heavy (non-hydrogen) atoms. The summed E-state index contributed by atoms with van der Waals surface area (Å²) in [4.78, 5) is 20.9. The molecule has 1 aromatic rings. The van der Waals surface area contributed by atoms with Crippen LogP contribution in [0.25, 0.3) is 0 Å². The summed E-state index contributed by atoms with van der Waals surface area (Å²) < 4.78 is 1.77. The molecule has 1 saturated heterocycles. The number of aryl methyl sites for hydroxylation is 2. The Hall–Kier alpha value is -0.880. The minimum Gasteiger partial charge on any atom is -0.507 e. The van der Waals surface area contributed by atoms with E-state index in [4.69, 9.17) is 0 Å². The Labute approximate surface area is 122 Å². The van der Waals surface area contributed by atoms with Gasteiger partial charge in [0.1, 0.15) is 5.75 Å². The second kappa shape index (κ2) is 6.33. The summed E-state index contributed by atoms with van der Waals surface area (Å²) in [6, 6.07) is 3.75. The number of rotatable bonds is 0. The van der Waals surface area contributed by atoms with Crippen molar-refractivity contribution in [2.24, 2.45) is 0 Å². The summed E-state index contributed by atoms with van der Waals surface area (Å²) in [6.45, 7) is 3.91. The van der Waals surface area contributed by atoms with E-state index in [2.05, 4.69) is 32.1 Å². The molecule has 0 spiro atoms. The number of hydrogen-bond donors (Lipinski definition) is 1. The second-order valence-electron chi connectivity index (χ2n) is 3.98. The molecular formula is C12H13Br2NO3. The van der Waals surface area contributed by atoms with E-state index in [-0.39, 0.29) is 11.8 Å². The molecule has 2 rings (SSSR count). The van der Waals surface area contributed by atoms with Crippen molar-refractivity contribution in [3.05, 3.63) is 27.7 Å². The lowest BCUT2D eigenvalue weighted by atomic mass is 10.1. The number of benzene rings is 1. The largest absolute Gasteiger partial charge is 0.507 e. The van der Waals surface area contributed by atoms with Crippen LogP contribution in [-0.2, 0) is 9.59 Å². The fourth-order valence-electron chi connectivity index (χ4n) is 1.48. The number of carbonyl (C=O) groups excluding carboxylic acids is 2. The molecule has 1 aliphatic rings. The predicted molar refractivity (Wildman–Crippen MR) is 75.3 cm³/mol. The maximum absolute atomic E-state index is 10.4. The molecule has 0 aromatic heterocycles. The van der Waals surface area contributed by atoms with E-state index in [0.29, 0.717) is 18.6 Å². The number of nitrogens with zero attached hydrogens (tertiary/aromatic N) is 1. The van der Waals surface area contributed by atoms with Crippen molar-refractivity contribution in [3.8, 4) is 5.75 Å². The molecule has 0 atom stereocenters. The molecule has 0 aliphatic carbocycles. The summed E-state index contributed by atoms with van der Waals surface area (Å²) >= 11 is 6.07. The van der Waals surface area contributed by atoms with Crippen molar-refractivity contribution in [2.45, 2.75) is 26.7 Å². The Kier molecular flexibility index (Phi) is 5.34. The second-order valence-corrected chi connectivity index (χ2v) is 5.49. The zero-order chi connectivity index (χ0) is 13.9. The molecule has 0 radical (unpaired) electrons. The van der Waals surface area contributed by atoms with E-state index in [0.717, 1.165) is 19.5 Å². The minimum atomic E-state index is -0.144. The number of amides is 2. The average molecular weight is 379 g/mol. The third kappa shape index (κ3) is 3.81. The summed E-state index contributed by atoms with van der Waals surface area (Å²) in [5.41, 5.74) is 2.15. The molecule has 0 unspecified atom stereocenters. The van der Waals surface area contributed by atoms with Crippen LogP contribution in [0.5, 0.6) is 5.75 Å². The van der Waals surface area contributed by atoms with Crippen LogP contribution in [0.15, 0.2) is 16.6 Å². The fourth-order valence-corrected chi connectivity index (χ4v) is 2.06. The van der Waals surface area contributed by atoms with E-state index in [9.17, 15) is 14.7 Å². The Bertz CT molecular complexity index is 449. The zero-order valence-electron chi connectivity index (χ0n) is 10.0. The lowest BCUT2D eigenvalue weighted by Crippen LogP contribution is -2.16. The molecule has 1 heterocycles. The van der Waals surface area contributed by atoms with Crippen LogP contribution in [0.1, 0.15) is 24.0 Å². The van der Waals surface area contributed by atoms with Crippen molar-refractivity contribution >= 4 is 43.9 Å². The van der Waals surface area contributed by atoms with Gasteiger partial charge < -0.3 is 5.11 Å². The lowest BCUT2D eigenvalue weighted by Gasteiger charge is -2.01. The van der Waals surface area contributed by atoms with E-state index in [1.165, 1.54) is 0 Å². The summed E-state index contributed by atoms with van der Waals surface area (Å²) in [5.74, 6) is 0.0301. The Balaban J connectivity index is 0.000000184. The highest BCUT2D eigenvalue weighted by Crippen LogP contribution is 2.28. The molecule has 6 heteroatoms. The van der Waals surface area contributed by atoms with Crippen LogP contribution in [0, 0.1) is 13.8 Å². The van der Waals surface area contributed by atoms with Crippen LogP contribution < -0.4 is 0 Å². The van der Waals surface area contributed by atoms with Gasteiger partial charge in [-0.1, -0.05) is 6.07 Å². The van der Waals surface area contributed by atoms with Gasteiger partial charge in [-0.25, -0.2) is 3.93 Å². The van der Waals surface area contributed by atoms with Gasteiger partial charge in [-0.15, -0.1) is 0 Å². The maximum atomic E-state index is 10.4. The molecule has 0 bridgehead atoms. The Morgan fingerprint density at radius 1 is 1.17 bits per heavy atom. The first-order valence-corrected chi connectivity index (χ1v) is 6.80. The number of phenols is 1. The number of hydrogen-bond acceptors (Lipinski definition) is 3. The monoisotopic (exact) mass is 377 g/mol. The van der Waals surface area contributed by atoms with Crippen molar-refractivity contribution in [3.63, 3.8) is 0 Å². The standard InChI is InChI=1S/C8H9BrO.C4H4BrNO2/c1-5-3-6(2)8(9)7(10)4-5;5-6-3(7)1-2-4(6)8/h3-4,10H,1-2H3;1-2H2. The van der Waals surface area contributed by atoms with E-state index >= 15 is 0 Å². The number of halogens is 2. The highest BCUT2D eigenvalue weighted by Gasteiger charge is 2.26. The molecule has 98 valence electrons. The smallest absolute Gasteiger partial charge is 0.239 e. The summed E-state index contributed by atoms with van der Waals surface area (Å²) in [7, 11) is 0. The van der Waals surface area contributed by atoms with Crippen LogP contribution >= 0.6 is 32.1 Å². The molecule has 1 N–H and O–H groups in total. The number of phenolic OH excluding ortho intramolecular Hbond substituents is 1. The van der Waals surface area contributed by atoms with E-state index < -0.39 is 0 Å². The molecular weight excluding hydrogens is 366 g/mol. The number of aromatic hydroxyl groups is 1. The molecule has 1 aromatic carbocycles. The zero-order valence-corrected chi connectivity index (χ0v) is 13.2. The van der Waals surface area contributed by atoms with Crippen LogP contribution in [0.2, 0.25) is 0 Å². The molecule has 0 saturated carbocycles. The third-order valence-electron chi connectivity index (χ3n) is 2.37. The third-order valence-corrected chi connectivity index (χ3v) is 4.19. The molecule has 1 aliphatic heterocycles. The van der Waals surface area contributed by atoms with Gasteiger partial charge in [-0.2, -0.15) is 0 Å². The van der Waals surface area contributed by atoms with Gasteiger partial charge in [-0.3, -0.25) is 9.59 Å². The van der Waals surface area contributed by atoms with Crippen LogP contribution in [0.3, 0.4) is 0 Å². The summed E-state index contributed by atoms with van der Waals surface area (Å²) in [6.07, 6.45) is 0.703. The highest BCUT2D eigenvalue weighted by molar-refractivity contribution is 9.10. The van der Waals surface area contributed by atoms with Crippen molar-refractivity contribution in [1.82, 2.24) is 3.93 Å². The van der Waals surface area contributed by atoms with E-state index in [1.54, 1.807) is 6.07 Å². The van der Waals surface area contributed by atoms with Gasteiger partial charge in [0.15, 0.2) is 0 Å². The fraction of sp³-hybridized carbons (Fsp3) is 0.333. The first kappa shape index (κ1) is 15.2. The van der Waals surface area contributed by atoms with Gasteiger partial charge in [0.05, 0.1) is 20.6 Å². The van der Waals surface area contributed by atoms with Crippen molar-refractivity contribution in [2.75, 3.05) is 0 Å². The lowest BCUT2D eigenvalue weighted by molar-refractivity contribution is -0.131. The Morgan fingerprint density at radius 2 is 1.67 bits per heavy atom. The van der Waals surface area contributed by atoms with Gasteiger partial charge in [0.25, 0.3) is 0 Å². The molecule has 2 amide bonds. The SMILES string of the molecule is Cc1cc(C)c(Br)c(O)c1.O=C1CCC(=O)N1Br. The van der Waals surface area contributed by atoms with Gasteiger partial charge in [-0.05, 0) is 47.0 Å². The van der Waals surface area contributed by atoms with Crippen molar-refractivity contribution < 1.29 is 14.7 Å². The summed E-state index contributed by atoms with van der Waals surface area (Å²) in [5, 5.41) is 9.23. The quantitative estimate of drug-likeness (QED) is 0.557. The molecule has 4 nitrogen and oxygen atoms in total. The predicted octanol–water partition coefficient (Wildman–Crippen LogP) is 3.22. The number of carbonyl (C=O) groups is 2. The average Bonchev–Trinajstić information content (AvgIpc) is 2.58. The van der Waals surface area contributed by atoms with Crippen LogP contribution in [0.4, 0.5) is 0 Å².